The van der Waals surface area contributed by atoms with E-state index in [1.54, 1.807) is 25.3 Å². The minimum Gasteiger partial charge on any atom is -0.496 e. The van der Waals surface area contributed by atoms with Crippen LogP contribution in [0.25, 0.3) is 32.3 Å². The van der Waals surface area contributed by atoms with Crippen molar-refractivity contribution in [3.05, 3.63) is 95.2 Å². The first-order chi connectivity index (χ1) is 15.9. The average Bonchev–Trinajstić information content (AvgIpc) is 3.08. The van der Waals surface area contributed by atoms with Crippen LogP contribution in [0.1, 0.15) is 5.56 Å². The Labute approximate surface area is 185 Å². The van der Waals surface area contributed by atoms with Gasteiger partial charge in [-0.1, -0.05) is 42.5 Å². The molecule has 0 spiro atoms. The molecule has 5 rings (SSSR count). The Bertz CT molecular complexity index is 1710. The lowest BCUT2D eigenvalue weighted by Crippen LogP contribution is -2.26. The molecule has 33 heavy (non-hydrogen) atoms. The van der Waals surface area contributed by atoms with Crippen LogP contribution in [0.4, 0.5) is 11.4 Å². The summed E-state index contributed by atoms with van der Waals surface area (Å²) in [5, 5.41) is -0.129. The third-order valence-corrected chi connectivity index (χ3v) is 6.16. The molecule has 0 aliphatic rings. The second-order valence-corrected chi connectivity index (χ2v) is 7.85. The van der Waals surface area contributed by atoms with Gasteiger partial charge in [0.25, 0.3) is 11.1 Å². The number of fused-ring (bicyclic) bond motifs is 3. The van der Waals surface area contributed by atoms with Gasteiger partial charge in [0.15, 0.2) is 10.9 Å². The molecule has 0 amide bonds. The summed E-state index contributed by atoms with van der Waals surface area (Å²) in [6.45, 7) is 0.0540. The maximum absolute atomic E-state index is 13.2. The maximum Gasteiger partial charge on any atom is 0.263 e. The third-order valence-electron chi connectivity index (χ3n) is 6.16. The molecular formula is C25H19N3O5. The molecule has 8 nitrogen and oxygen atoms in total. The Hall–Kier alpha value is -4.46. The van der Waals surface area contributed by atoms with E-state index in [1.807, 2.05) is 18.2 Å². The minimum atomic E-state index is -0.643. The van der Waals surface area contributed by atoms with Crippen molar-refractivity contribution in [1.29, 1.82) is 0 Å². The van der Waals surface area contributed by atoms with Gasteiger partial charge >= 0.3 is 0 Å². The van der Waals surface area contributed by atoms with Crippen LogP contribution < -0.4 is 38.2 Å². The number of aryl methyl sites for hydroxylation is 1. The fourth-order valence-electron chi connectivity index (χ4n) is 4.56. The van der Waals surface area contributed by atoms with E-state index >= 15 is 0 Å². The van der Waals surface area contributed by atoms with Gasteiger partial charge < -0.3 is 16.2 Å². The molecule has 4 N–H and O–H groups in total. The van der Waals surface area contributed by atoms with Gasteiger partial charge in [-0.2, -0.15) is 0 Å². The van der Waals surface area contributed by atoms with E-state index in [-0.39, 0.29) is 50.2 Å². The summed E-state index contributed by atoms with van der Waals surface area (Å²) >= 11 is 0. The lowest BCUT2D eigenvalue weighted by Gasteiger charge is -2.07. The summed E-state index contributed by atoms with van der Waals surface area (Å²) in [6, 6.07) is 13.6. The zero-order valence-electron chi connectivity index (χ0n) is 17.7. The normalized spacial score (nSPS) is 11.5. The van der Waals surface area contributed by atoms with Crippen molar-refractivity contribution >= 4 is 43.7 Å². The highest BCUT2D eigenvalue weighted by Crippen LogP contribution is 2.31. The van der Waals surface area contributed by atoms with Crippen LogP contribution in [0.2, 0.25) is 0 Å². The molecule has 5 aromatic rings. The number of nitrogen functional groups attached to an aromatic ring is 2. The molecule has 0 aliphatic heterocycles. The number of hydrogen-bond acceptors (Lipinski definition) is 7. The molecule has 1 aromatic heterocycles. The molecular weight excluding hydrogens is 422 g/mol. The fourth-order valence-corrected chi connectivity index (χ4v) is 4.56. The first kappa shape index (κ1) is 20.4. The molecule has 0 fully saturated rings. The first-order valence-corrected chi connectivity index (χ1v) is 10.3. The smallest absolute Gasteiger partial charge is 0.263 e. The number of hydrogen-bond donors (Lipinski definition) is 2. The van der Waals surface area contributed by atoms with Gasteiger partial charge in [0, 0.05) is 17.3 Å². The summed E-state index contributed by atoms with van der Waals surface area (Å²) < 4.78 is 6.37. The quantitative estimate of drug-likeness (QED) is 0.246. The standard InChI is InChI=1S/C25H19N3O5/c1-33-15-9-5-2-6-12(15)10-11-28-24(31)18-19(25(28)32)21(27)17-16(20(18)26)22(29)13-7-3-4-8-14(13)23(17)30/h2-9H,10-11,26-27H2,1H3. The van der Waals surface area contributed by atoms with Gasteiger partial charge in [-0.3, -0.25) is 23.7 Å². The van der Waals surface area contributed by atoms with Gasteiger partial charge in [-0.25, -0.2) is 0 Å². The number of nitrogens with zero attached hydrogens (tertiary/aromatic N) is 1. The molecule has 8 heteroatoms. The van der Waals surface area contributed by atoms with Crippen molar-refractivity contribution in [2.45, 2.75) is 13.0 Å². The zero-order chi connectivity index (χ0) is 23.4. The summed E-state index contributed by atoms with van der Waals surface area (Å²) in [6.07, 6.45) is 0.346. The first-order valence-electron chi connectivity index (χ1n) is 10.3. The van der Waals surface area contributed by atoms with E-state index in [9.17, 15) is 19.2 Å². The Morgan fingerprint density at radius 1 is 0.727 bits per heavy atom. The second kappa shape index (κ2) is 7.30. The topological polar surface area (TPSA) is 134 Å². The molecule has 4 aromatic carbocycles. The molecule has 0 aliphatic carbocycles. The fraction of sp³-hybridized carbons (Fsp3) is 0.120. The Kier molecular flexibility index (Phi) is 4.52. The molecule has 0 saturated carbocycles. The van der Waals surface area contributed by atoms with Crippen molar-refractivity contribution < 1.29 is 4.74 Å². The van der Waals surface area contributed by atoms with Crippen molar-refractivity contribution in [1.82, 2.24) is 4.57 Å². The number of para-hydroxylation sites is 1. The monoisotopic (exact) mass is 441 g/mol. The number of benzene rings is 4. The molecule has 164 valence electrons. The maximum atomic E-state index is 13.2. The predicted molar refractivity (Wildman–Crippen MR) is 130 cm³/mol. The highest BCUT2D eigenvalue weighted by Gasteiger charge is 2.25. The van der Waals surface area contributed by atoms with Gasteiger partial charge in [-0.05, 0) is 18.1 Å². The van der Waals surface area contributed by atoms with Gasteiger partial charge in [0.2, 0.25) is 0 Å². The molecule has 0 saturated heterocycles. The van der Waals surface area contributed by atoms with Crippen molar-refractivity contribution in [2.24, 2.45) is 0 Å². The Morgan fingerprint density at radius 3 is 1.73 bits per heavy atom. The number of rotatable bonds is 4. The third kappa shape index (κ3) is 2.77. The van der Waals surface area contributed by atoms with Crippen molar-refractivity contribution in [2.75, 3.05) is 18.6 Å². The van der Waals surface area contributed by atoms with Crippen LogP contribution in [0.3, 0.4) is 0 Å². The van der Waals surface area contributed by atoms with E-state index < -0.39 is 22.0 Å². The van der Waals surface area contributed by atoms with Crippen LogP contribution >= 0.6 is 0 Å². The summed E-state index contributed by atoms with van der Waals surface area (Å²) in [5.74, 6) is 0.637. The van der Waals surface area contributed by atoms with Gasteiger partial charge in [0.05, 0.1) is 40.0 Å². The Balaban J connectivity index is 1.82. The van der Waals surface area contributed by atoms with E-state index in [0.29, 0.717) is 12.2 Å². The highest BCUT2D eigenvalue weighted by atomic mass is 16.5. The molecule has 1 heterocycles. The summed E-state index contributed by atoms with van der Waals surface area (Å²) in [7, 11) is 1.54. The minimum absolute atomic E-state index is 0.0540. The highest BCUT2D eigenvalue weighted by molar-refractivity contribution is 6.20. The van der Waals surface area contributed by atoms with E-state index in [4.69, 9.17) is 16.2 Å². The van der Waals surface area contributed by atoms with Crippen LogP contribution in [-0.4, -0.2) is 11.7 Å². The molecule has 0 atom stereocenters. The molecule has 0 radical (unpaired) electrons. The van der Waals surface area contributed by atoms with E-state index in [1.165, 1.54) is 12.1 Å². The molecule has 0 bridgehead atoms. The van der Waals surface area contributed by atoms with Crippen LogP contribution in [0, 0.1) is 0 Å². The lowest BCUT2D eigenvalue weighted by atomic mass is 9.97. The number of anilines is 2. The number of nitrogens with two attached hydrogens (primary N) is 2. The van der Waals surface area contributed by atoms with Gasteiger partial charge in [-0.15, -0.1) is 0 Å². The number of methoxy groups -OCH3 is 1. The second-order valence-electron chi connectivity index (χ2n) is 7.85. The van der Waals surface area contributed by atoms with Gasteiger partial charge in [0.1, 0.15) is 5.75 Å². The van der Waals surface area contributed by atoms with Crippen molar-refractivity contribution in [3.63, 3.8) is 0 Å². The summed E-state index contributed by atoms with van der Waals surface area (Å²) in [5.41, 5.74) is 10.7. The molecule has 0 unspecified atom stereocenters. The lowest BCUT2D eigenvalue weighted by molar-refractivity contribution is 0.408. The van der Waals surface area contributed by atoms with Crippen LogP contribution in [0.15, 0.2) is 67.7 Å². The Morgan fingerprint density at radius 2 is 1.21 bits per heavy atom. The largest absolute Gasteiger partial charge is 0.496 e. The van der Waals surface area contributed by atoms with E-state index in [2.05, 4.69) is 0 Å². The number of aromatic nitrogens is 1. The number of ether oxygens (including phenoxy) is 1. The van der Waals surface area contributed by atoms with Crippen LogP contribution in [-0.2, 0) is 13.0 Å². The van der Waals surface area contributed by atoms with Crippen molar-refractivity contribution in [3.8, 4) is 5.75 Å². The van der Waals surface area contributed by atoms with E-state index in [0.717, 1.165) is 10.1 Å². The average molecular weight is 441 g/mol. The summed E-state index contributed by atoms with van der Waals surface area (Å²) in [4.78, 5) is 52.8. The SMILES string of the molecule is COc1ccccc1CCn1c(=O)c2c(N)c3c(=O)c4ccccc4c(=O)c3c(N)c2c1=O. The predicted octanol–water partition coefficient (Wildman–Crippen LogP) is 1.68. The van der Waals surface area contributed by atoms with Crippen LogP contribution in [0.5, 0.6) is 5.75 Å². The zero-order valence-corrected chi connectivity index (χ0v) is 17.7.